The van der Waals surface area contributed by atoms with Crippen LogP contribution in [0, 0.1) is 5.92 Å². The van der Waals surface area contributed by atoms with Crippen molar-refractivity contribution in [2.45, 2.75) is 5.60 Å². The maximum atomic E-state index is 11.1. The van der Waals surface area contributed by atoms with E-state index in [2.05, 4.69) is 0 Å². The van der Waals surface area contributed by atoms with Gasteiger partial charge in [-0.2, -0.15) is 0 Å². The second kappa shape index (κ2) is 1.58. The van der Waals surface area contributed by atoms with Crippen molar-refractivity contribution in [2.75, 3.05) is 7.11 Å². The molecule has 0 aromatic carbocycles. The summed E-state index contributed by atoms with van der Waals surface area (Å²) < 4.78 is 5.11. The van der Waals surface area contributed by atoms with Gasteiger partial charge in [0.2, 0.25) is 0 Å². The van der Waals surface area contributed by atoms with Crippen molar-refractivity contribution >= 4 is 5.78 Å². The fraction of sp³-hybridized carbons (Fsp3) is 0.375. The van der Waals surface area contributed by atoms with Gasteiger partial charge in [0.05, 0.1) is 0 Å². The number of carbonyl (C=O) groups is 1. The van der Waals surface area contributed by atoms with Gasteiger partial charge >= 0.3 is 0 Å². The van der Waals surface area contributed by atoms with Crippen LogP contribution in [0.25, 0.3) is 0 Å². The van der Waals surface area contributed by atoms with Crippen molar-refractivity contribution in [1.82, 2.24) is 0 Å². The van der Waals surface area contributed by atoms with Crippen LogP contribution in [-0.2, 0) is 9.53 Å². The predicted molar refractivity (Wildman–Crippen MR) is 36.5 cm³/mol. The quantitative estimate of drug-likeness (QED) is 0.496. The van der Waals surface area contributed by atoms with Crippen molar-refractivity contribution in [3.63, 3.8) is 0 Å². The fourth-order valence-electron chi connectivity index (χ4n) is 1.46. The summed E-state index contributed by atoms with van der Waals surface area (Å²) in [6.45, 7) is 0. The van der Waals surface area contributed by atoms with Crippen LogP contribution in [0.5, 0.6) is 0 Å². The molecule has 0 heterocycles. The topological polar surface area (TPSA) is 26.3 Å². The van der Waals surface area contributed by atoms with E-state index in [0.29, 0.717) is 0 Å². The smallest absolute Gasteiger partial charge is 0.192 e. The van der Waals surface area contributed by atoms with Crippen molar-refractivity contribution in [1.29, 1.82) is 0 Å². The highest BCUT2D eigenvalue weighted by Gasteiger charge is 2.49. The second-order valence-electron chi connectivity index (χ2n) is 2.61. The standard InChI is InChI=1S/C8H8O2/c1-10-8-5-4-6(8)2-3-7(8)9/h2-6H,1H3/t6-,8-/m1/s1. The molecule has 2 rings (SSSR count). The third-order valence-corrected chi connectivity index (χ3v) is 2.22. The first-order chi connectivity index (χ1) is 4.79. The zero-order chi connectivity index (χ0) is 7.19. The van der Waals surface area contributed by atoms with Crippen LogP contribution < -0.4 is 0 Å². The van der Waals surface area contributed by atoms with Crippen molar-refractivity contribution in [3.05, 3.63) is 24.3 Å². The maximum absolute atomic E-state index is 11.1. The van der Waals surface area contributed by atoms with Gasteiger partial charge in [0.15, 0.2) is 11.4 Å². The van der Waals surface area contributed by atoms with E-state index in [9.17, 15) is 4.79 Å². The number of methoxy groups -OCH3 is 1. The van der Waals surface area contributed by atoms with Crippen LogP contribution in [0.3, 0.4) is 0 Å². The van der Waals surface area contributed by atoms with Gasteiger partial charge in [0, 0.05) is 13.0 Å². The molecule has 0 aliphatic heterocycles. The first kappa shape index (κ1) is 5.86. The van der Waals surface area contributed by atoms with E-state index in [1.54, 1.807) is 13.2 Å². The fourth-order valence-corrected chi connectivity index (χ4v) is 1.46. The molecule has 0 radical (unpaired) electrons. The van der Waals surface area contributed by atoms with Gasteiger partial charge in [-0.25, -0.2) is 0 Å². The molecular formula is C8H8O2. The first-order valence-corrected chi connectivity index (χ1v) is 3.27. The Bertz CT molecular complexity index is 240. The van der Waals surface area contributed by atoms with Gasteiger partial charge < -0.3 is 4.74 Å². The van der Waals surface area contributed by atoms with Gasteiger partial charge in [-0.3, -0.25) is 4.79 Å². The Morgan fingerprint density at radius 2 is 2.40 bits per heavy atom. The number of rotatable bonds is 1. The van der Waals surface area contributed by atoms with E-state index >= 15 is 0 Å². The normalized spacial score (nSPS) is 41.7. The van der Waals surface area contributed by atoms with Gasteiger partial charge in [0.1, 0.15) is 0 Å². The zero-order valence-corrected chi connectivity index (χ0v) is 5.70. The predicted octanol–water partition coefficient (Wildman–Crippen LogP) is 0.697. The minimum Gasteiger partial charge on any atom is -0.365 e. The van der Waals surface area contributed by atoms with Crippen LogP contribution in [0.15, 0.2) is 24.3 Å². The average molecular weight is 136 g/mol. The second-order valence-corrected chi connectivity index (χ2v) is 2.61. The van der Waals surface area contributed by atoms with Crippen molar-refractivity contribution in [2.24, 2.45) is 5.92 Å². The Kier molecular flexibility index (Phi) is 0.926. The van der Waals surface area contributed by atoms with Gasteiger partial charge in [-0.05, 0) is 12.2 Å². The summed E-state index contributed by atoms with van der Waals surface area (Å²) in [5.41, 5.74) is -0.597. The van der Waals surface area contributed by atoms with E-state index in [1.165, 1.54) is 0 Å². The molecule has 0 bridgehead atoms. The SMILES string of the molecule is CO[C@]12C=C[C@H]1C=CC2=O. The summed E-state index contributed by atoms with van der Waals surface area (Å²) in [6.07, 6.45) is 7.27. The molecule has 0 spiro atoms. The lowest BCUT2D eigenvalue weighted by Gasteiger charge is -2.34. The summed E-state index contributed by atoms with van der Waals surface area (Å²) in [7, 11) is 1.57. The van der Waals surface area contributed by atoms with E-state index in [4.69, 9.17) is 4.74 Å². The zero-order valence-electron chi connectivity index (χ0n) is 5.70. The molecule has 0 saturated carbocycles. The minimum absolute atomic E-state index is 0.0718. The summed E-state index contributed by atoms with van der Waals surface area (Å²) in [5, 5.41) is 0. The van der Waals surface area contributed by atoms with Crippen LogP contribution >= 0.6 is 0 Å². The molecule has 0 fully saturated rings. The van der Waals surface area contributed by atoms with Crippen LogP contribution in [0.1, 0.15) is 0 Å². The van der Waals surface area contributed by atoms with E-state index in [1.807, 2.05) is 18.2 Å². The molecule has 2 aliphatic rings. The van der Waals surface area contributed by atoms with Crippen LogP contribution in [-0.4, -0.2) is 18.5 Å². The van der Waals surface area contributed by atoms with E-state index < -0.39 is 5.60 Å². The number of ketones is 1. The summed E-state index contributed by atoms with van der Waals surface area (Å²) in [5.74, 6) is 0.271. The average Bonchev–Trinajstić information content (AvgIpc) is 2.06. The highest BCUT2D eigenvalue weighted by Crippen LogP contribution is 2.39. The molecule has 2 aliphatic carbocycles. The highest BCUT2D eigenvalue weighted by molar-refractivity contribution is 6.03. The molecule has 2 nitrogen and oxygen atoms in total. The maximum Gasteiger partial charge on any atom is 0.192 e. The molecule has 0 saturated heterocycles. The number of carbonyl (C=O) groups excluding carboxylic acids is 1. The number of fused-ring (bicyclic) bond motifs is 1. The summed E-state index contributed by atoms with van der Waals surface area (Å²) in [6, 6.07) is 0. The Morgan fingerprint density at radius 1 is 1.60 bits per heavy atom. The molecule has 2 heteroatoms. The molecule has 0 aromatic rings. The van der Waals surface area contributed by atoms with Crippen molar-refractivity contribution < 1.29 is 9.53 Å². The van der Waals surface area contributed by atoms with E-state index in [-0.39, 0.29) is 11.7 Å². The highest BCUT2D eigenvalue weighted by atomic mass is 16.5. The molecular weight excluding hydrogens is 128 g/mol. The van der Waals surface area contributed by atoms with E-state index in [0.717, 1.165) is 0 Å². The van der Waals surface area contributed by atoms with Gasteiger partial charge in [-0.15, -0.1) is 0 Å². The Labute approximate surface area is 59.2 Å². The Balaban J connectivity index is 2.40. The lowest BCUT2D eigenvalue weighted by molar-refractivity contribution is -0.132. The van der Waals surface area contributed by atoms with Crippen LogP contribution in [0.2, 0.25) is 0 Å². The lowest BCUT2D eigenvalue weighted by Crippen LogP contribution is -2.45. The third-order valence-electron chi connectivity index (χ3n) is 2.22. The molecule has 52 valence electrons. The Hall–Kier alpha value is -0.890. The van der Waals surface area contributed by atoms with Crippen molar-refractivity contribution in [3.8, 4) is 0 Å². The molecule has 0 aromatic heterocycles. The molecule has 0 unspecified atom stereocenters. The molecule has 2 atom stereocenters. The lowest BCUT2D eigenvalue weighted by atomic mass is 9.79. The van der Waals surface area contributed by atoms with Gasteiger partial charge in [-0.1, -0.05) is 12.2 Å². The third kappa shape index (κ3) is 0.421. The molecule has 0 N–H and O–H groups in total. The monoisotopic (exact) mass is 136 g/mol. The summed E-state index contributed by atoms with van der Waals surface area (Å²) in [4.78, 5) is 11.1. The number of hydrogen-bond donors (Lipinski definition) is 0. The summed E-state index contributed by atoms with van der Waals surface area (Å²) >= 11 is 0. The Morgan fingerprint density at radius 3 is 2.70 bits per heavy atom. The molecule has 10 heavy (non-hydrogen) atoms. The first-order valence-electron chi connectivity index (χ1n) is 3.27. The van der Waals surface area contributed by atoms with Gasteiger partial charge in [0.25, 0.3) is 0 Å². The number of ether oxygens (including phenoxy) is 1. The molecule has 0 amide bonds. The largest absolute Gasteiger partial charge is 0.365 e. The van der Waals surface area contributed by atoms with Crippen LogP contribution in [0.4, 0.5) is 0 Å². The number of hydrogen-bond acceptors (Lipinski definition) is 2. The minimum atomic E-state index is -0.597.